The molecule has 0 radical (unpaired) electrons. The Morgan fingerprint density at radius 3 is 2.37 bits per heavy atom. The van der Waals surface area contributed by atoms with Crippen LogP contribution in [0.15, 0.2) is 22.6 Å². The molecule has 2 rings (SSSR count). The Balaban J connectivity index is 2.64. The third kappa shape index (κ3) is 2.15. The summed E-state index contributed by atoms with van der Waals surface area (Å²) in [6, 6.07) is 3.08. The third-order valence-electron chi connectivity index (χ3n) is 2.21. The number of hydrogen-bond donors (Lipinski definition) is 2. The predicted octanol–water partition coefficient (Wildman–Crippen LogP) is 2.02. The first kappa shape index (κ1) is 12.7. The van der Waals surface area contributed by atoms with E-state index in [0.717, 1.165) is 18.2 Å². The average molecular weight is 269 g/mol. The summed E-state index contributed by atoms with van der Waals surface area (Å²) in [5, 5.41) is 17.5. The molecule has 1 aromatic carbocycles. The highest BCUT2D eigenvalue weighted by Gasteiger charge is 2.26. The molecule has 2 N–H and O–H groups in total. The summed E-state index contributed by atoms with van der Waals surface area (Å²) in [5.74, 6) is -7.39. The lowest BCUT2D eigenvalue weighted by Gasteiger charge is -1.98. The maximum atomic E-state index is 13.5. The van der Waals surface area contributed by atoms with Gasteiger partial charge in [0.25, 0.3) is 0 Å². The highest BCUT2D eigenvalue weighted by Crippen LogP contribution is 2.26. The van der Waals surface area contributed by atoms with Crippen LogP contribution < -0.4 is 0 Å². The maximum Gasteiger partial charge on any atom is 0.374 e. The number of aromatic nitrogens is 1. The summed E-state index contributed by atoms with van der Waals surface area (Å²) in [7, 11) is 0. The summed E-state index contributed by atoms with van der Waals surface area (Å²) in [5.41, 5.74) is -1.35. The van der Waals surface area contributed by atoms with Crippen LogP contribution in [0, 0.1) is 11.6 Å². The number of halogens is 2. The molecule has 0 aliphatic heterocycles. The first-order valence-electron chi connectivity index (χ1n) is 4.83. The summed E-state index contributed by atoms with van der Waals surface area (Å²) >= 11 is 0. The van der Waals surface area contributed by atoms with E-state index in [4.69, 9.17) is 10.2 Å². The molecule has 8 heteroatoms. The number of oxazole rings is 1. The minimum absolute atomic E-state index is 0.463. The van der Waals surface area contributed by atoms with Gasteiger partial charge in [0.05, 0.1) is 5.56 Å². The van der Waals surface area contributed by atoms with Crippen LogP contribution in [-0.2, 0) is 0 Å². The molecular weight excluding hydrogens is 264 g/mol. The Labute approximate surface area is 103 Å². The summed E-state index contributed by atoms with van der Waals surface area (Å²) in [6.07, 6.45) is 0. The van der Waals surface area contributed by atoms with Gasteiger partial charge in [0.2, 0.25) is 17.3 Å². The summed E-state index contributed by atoms with van der Waals surface area (Å²) < 4.78 is 31.1. The van der Waals surface area contributed by atoms with E-state index in [0.29, 0.717) is 0 Å². The standard InChI is InChI=1S/C11H5F2NO5/c12-5-3-1-2-4(6(5)13)9-14-7(10(15)16)8(19-9)11(17)18/h1-3H,(H,15,16)(H,17,18). The summed E-state index contributed by atoms with van der Waals surface area (Å²) in [4.78, 5) is 24.9. The molecule has 0 unspecified atom stereocenters. The fourth-order valence-electron chi connectivity index (χ4n) is 1.39. The van der Waals surface area contributed by atoms with Crippen LogP contribution in [0.25, 0.3) is 11.5 Å². The van der Waals surface area contributed by atoms with E-state index in [1.165, 1.54) is 0 Å². The third-order valence-corrected chi connectivity index (χ3v) is 2.21. The SMILES string of the molecule is O=C(O)c1nc(-c2cccc(F)c2F)oc1C(=O)O. The second-order valence-electron chi connectivity index (χ2n) is 3.41. The lowest BCUT2D eigenvalue weighted by Crippen LogP contribution is -2.05. The monoisotopic (exact) mass is 269 g/mol. The second-order valence-corrected chi connectivity index (χ2v) is 3.41. The molecule has 1 aromatic heterocycles. The van der Waals surface area contributed by atoms with E-state index >= 15 is 0 Å². The highest BCUT2D eigenvalue weighted by molar-refractivity contribution is 5.98. The van der Waals surface area contributed by atoms with Crippen LogP contribution in [0.1, 0.15) is 21.0 Å². The van der Waals surface area contributed by atoms with Crippen molar-refractivity contribution in [2.45, 2.75) is 0 Å². The maximum absolute atomic E-state index is 13.5. The van der Waals surface area contributed by atoms with Crippen molar-refractivity contribution >= 4 is 11.9 Å². The quantitative estimate of drug-likeness (QED) is 0.883. The lowest BCUT2D eigenvalue weighted by atomic mass is 10.2. The van der Waals surface area contributed by atoms with Gasteiger partial charge in [-0.25, -0.2) is 23.4 Å². The van der Waals surface area contributed by atoms with Crippen molar-refractivity contribution in [3.8, 4) is 11.5 Å². The first-order chi connectivity index (χ1) is 8.91. The predicted molar refractivity (Wildman–Crippen MR) is 55.8 cm³/mol. The van der Waals surface area contributed by atoms with Crippen molar-refractivity contribution in [1.82, 2.24) is 4.98 Å². The van der Waals surface area contributed by atoms with Gasteiger partial charge < -0.3 is 14.6 Å². The molecule has 0 aliphatic rings. The van der Waals surface area contributed by atoms with Crippen molar-refractivity contribution in [3.05, 3.63) is 41.3 Å². The number of rotatable bonds is 3. The van der Waals surface area contributed by atoms with Crippen LogP contribution in [0.2, 0.25) is 0 Å². The molecule has 0 atom stereocenters. The molecule has 0 spiro atoms. The number of carbonyl (C=O) groups is 2. The number of aromatic carboxylic acids is 2. The molecule has 98 valence electrons. The van der Waals surface area contributed by atoms with E-state index < -0.39 is 46.5 Å². The zero-order chi connectivity index (χ0) is 14.2. The Bertz CT molecular complexity index is 648. The topological polar surface area (TPSA) is 101 Å². The van der Waals surface area contributed by atoms with E-state index in [9.17, 15) is 18.4 Å². The molecule has 0 amide bonds. The molecule has 0 aliphatic carbocycles. The molecule has 6 nitrogen and oxygen atoms in total. The highest BCUT2D eigenvalue weighted by atomic mass is 19.2. The van der Waals surface area contributed by atoms with Crippen LogP contribution in [-0.4, -0.2) is 27.1 Å². The van der Waals surface area contributed by atoms with E-state index in [1.807, 2.05) is 0 Å². The molecule has 0 bridgehead atoms. The Kier molecular flexibility index (Phi) is 2.99. The van der Waals surface area contributed by atoms with Crippen molar-refractivity contribution in [3.63, 3.8) is 0 Å². The molecule has 19 heavy (non-hydrogen) atoms. The molecule has 1 heterocycles. The zero-order valence-corrected chi connectivity index (χ0v) is 9.05. The molecule has 2 aromatic rings. The molecular formula is C11H5F2NO5. The normalized spacial score (nSPS) is 10.4. The van der Waals surface area contributed by atoms with Gasteiger partial charge in [-0.1, -0.05) is 6.07 Å². The fourth-order valence-corrected chi connectivity index (χ4v) is 1.39. The van der Waals surface area contributed by atoms with Gasteiger partial charge in [0, 0.05) is 0 Å². The average Bonchev–Trinajstić information content (AvgIpc) is 2.77. The second kappa shape index (κ2) is 4.48. The van der Waals surface area contributed by atoms with Crippen LogP contribution in [0.4, 0.5) is 8.78 Å². The van der Waals surface area contributed by atoms with Crippen LogP contribution >= 0.6 is 0 Å². The molecule has 0 saturated carbocycles. The number of carboxylic acids is 2. The van der Waals surface area contributed by atoms with Crippen molar-refractivity contribution in [2.75, 3.05) is 0 Å². The molecule has 0 fully saturated rings. The number of carboxylic acid groups (broad SMARTS) is 2. The van der Waals surface area contributed by atoms with Crippen molar-refractivity contribution in [1.29, 1.82) is 0 Å². The van der Waals surface area contributed by atoms with Crippen LogP contribution in [0.5, 0.6) is 0 Å². The molecule has 0 saturated heterocycles. The first-order valence-corrected chi connectivity index (χ1v) is 4.83. The van der Waals surface area contributed by atoms with Crippen molar-refractivity contribution < 1.29 is 33.0 Å². The van der Waals surface area contributed by atoms with Gasteiger partial charge in [-0.3, -0.25) is 0 Å². The van der Waals surface area contributed by atoms with Gasteiger partial charge in [-0.2, -0.15) is 0 Å². The Morgan fingerprint density at radius 1 is 1.16 bits per heavy atom. The van der Waals surface area contributed by atoms with Gasteiger partial charge in [-0.15, -0.1) is 0 Å². The largest absolute Gasteiger partial charge is 0.476 e. The van der Waals surface area contributed by atoms with E-state index in [1.54, 1.807) is 0 Å². The van der Waals surface area contributed by atoms with Gasteiger partial charge in [-0.05, 0) is 12.1 Å². The van der Waals surface area contributed by atoms with Gasteiger partial charge >= 0.3 is 11.9 Å². The number of hydrogen-bond acceptors (Lipinski definition) is 4. The minimum Gasteiger partial charge on any atom is -0.476 e. The minimum atomic E-state index is -1.67. The van der Waals surface area contributed by atoms with E-state index in [2.05, 4.69) is 9.40 Å². The van der Waals surface area contributed by atoms with E-state index in [-0.39, 0.29) is 0 Å². The zero-order valence-electron chi connectivity index (χ0n) is 9.05. The number of benzene rings is 1. The Hall–Kier alpha value is -2.77. The van der Waals surface area contributed by atoms with Gasteiger partial charge in [0.1, 0.15) is 0 Å². The fraction of sp³-hybridized carbons (Fsp3) is 0. The Morgan fingerprint density at radius 2 is 1.84 bits per heavy atom. The van der Waals surface area contributed by atoms with Crippen molar-refractivity contribution in [2.24, 2.45) is 0 Å². The van der Waals surface area contributed by atoms with Gasteiger partial charge in [0.15, 0.2) is 11.6 Å². The lowest BCUT2D eigenvalue weighted by molar-refractivity contribution is 0.0624. The number of nitrogens with zero attached hydrogens (tertiary/aromatic N) is 1. The summed E-state index contributed by atoms with van der Waals surface area (Å²) in [6.45, 7) is 0. The van der Waals surface area contributed by atoms with Crippen LogP contribution in [0.3, 0.4) is 0 Å². The smallest absolute Gasteiger partial charge is 0.374 e.